The summed E-state index contributed by atoms with van der Waals surface area (Å²) in [4.78, 5) is 20.5. The van der Waals surface area contributed by atoms with Gasteiger partial charge in [-0.1, -0.05) is 12.1 Å². The van der Waals surface area contributed by atoms with E-state index in [1.165, 1.54) is 0 Å². The van der Waals surface area contributed by atoms with Crippen LogP contribution in [0.4, 0.5) is 0 Å². The first kappa shape index (κ1) is 13.1. The van der Waals surface area contributed by atoms with E-state index in [9.17, 15) is 9.90 Å². The van der Waals surface area contributed by atoms with Crippen molar-refractivity contribution < 1.29 is 9.90 Å². The highest BCUT2D eigenvalue weighted by molar-refractivity contribution is 5.97. The summed E-state index contributed by atoms with van der Waals surface area (Å²) < 4.78 is 0. The first-order valence-corrected chi connectivity index (χ1v) is 6.49. The largest absolute Gasteiger partial charge is 0.508 e. The predicted octanol–water partition coefficient (Wildman–Crippen LogP) is 2.27. The van der Waals surface area contributed by atoms with Gasteiger partial charge in [0.05, 0.1) is 11.0 Å². The Morgan fingerprint density at radius 3 is 2.67 bits per heavy atom. The smallest absolute Gasteiger partial charge is 0.251 e. The highest BCUT2D eigenvalue weighted by Crippen LogP contribution is 2.12. The van der Waals surface area contributed by atoms with Crippen molar-refractivity contribution in [3.8, 4) is 5.75 Å². The number of aromatic nitrogens is 2. The molecule has 0 unspecified atom stereocenters. The quantitative estimate of drug-likeness (QED) is 0.771. The molecule has 3 rings (SSSR count). The van der Waals surface area contributed by atoms with Gasteiger partial charge in [-0.05, 0) is 35.9 Å². The maximum absolute atomic E-state index is 12.1. The van der Waals surface area contributed by atoms with Crippen molar-refractivity contribution in [3.05, 3.63) is 66.0 Å². The van der Waals surface area contributed by atoms with Crippen molar-refractivity contribution in [3.63, 3.8) is 0 Å². The molecule has 1 amide bonds. The van der Waals surface area contributed by atoms with Crippen LogP contribution in [0, 0.1) is 0 Å². The van der Waals surface area contributed by atoms with Gasteiger partial charge in [-0.25, -0.2) is 0 Å². The maximum Gasteiger partial charge on any atom is 0.251 e. The fourth-order valence-corrected chi connectivity index (χ4v) is 2.06. The van der Waals surface area contributed by atoms with Gasteiger partial charge < -0.3 is 10.4 Å². The average Bonchev–Trinajstić information content (AvgIpc) is 2.52. The molecule has 0 fully saturated rings. The van der Waals surface area contributed by atoms with E-state index in [1.54, 1.807) is 48.8 Å². The van der Waals surface area contributed by atoms with Crippen LogP contribution in [0.3, 0.4) is 0 Å². The number of aromatic hydroxyl groups is 1. The summed E-state index contributed by atoms with van der Waals surface area (Å²) in [5.74, 6) is -0.00590. The molecule has 0 spiro atoms. The van der Waals surface area contributed by atoms with Gasteiger partial charge in [0.15, 0.2) is 0 Å². The van der Waals surface area contributed by atoms with Crippen molar-refractivity contribution in [1.29, 1.82) is 0 Å². The van der Waals surface area contributed by atoms with E-state index < -0.39 is 0 Å². The summed E-state index contributed by atoms with van der Waals surface area (Å²) in [5.41, 5.74) is 2.80. The second-order valence-corrected chi connectivity index (χ2v) is 4.61. The van der Waals surface area contributed by atoms with E-state index in [1.807, 2.05) is 6.07 Å². The Labute approximate surface area is 121 Å². The molecule has 0 saturated carbocycles. The van der Waals surface area contributed by atoms with Crippen LogP contribution >= 0.6 is 0 Å². The minimum atomic E-state index is -0.189. The fourth-order valence-electron chi connectivity index (χ4n) is 2.06. The van der Waals surface area contributed by atoms with E-state index in [2.05, 4.69) is 15.3 Å². The topological polar surface area (TPSA) is 75.1 Å². The van der Waals surface area contributed by atoms with Gasteiger partial charge in [0.25, 0.3) is 5.91 Å². The highest BCUT2D eigenvalue weighted by atomic mass is 16.3. The molecule has 1 heterocycles. The van der Waals surface area contributed by atoms with Gasteiger partial charge >= 0.3 is 0 Å². The summed E-state index contributed by atoms with van der Waals surface area (Å²) in [5, 5.41) is 12.2. The van der Waals surface area contributed by atoms with Crippen molar-refractivity contribution in [2.24, 2.45) is 0 Å². The third kappa shape index (κ3) is 2.97. The van der Waals surface area contributed by atoms with Crippen LogP contribution in [0.25, 0.3) is 11.0 Å². The number of hydrogen-bond donors (Lipinski definition) is 2. The predicted molar refractivity (Wildman–Crippen MR) is 78.8 cm³/mol. The number of rotatable bonds is 3. The monoisotopic (exact) mass is 279 g/mol. The van der Waals surface area contributed by atoms with Crippen LogP contribution in [0.2, 0.25) is 0 Å². The van der Waals surface area contributed by atoms with E-state index in [0.29, 0.717) is 17.6 Å². The Hall–Kier alpha value is -2.95. The lowest BCUT2D eigenvalue weighted by atomic mass is 10.1. The Morgan fingerprint density at radius 1 is 1.05 bits per heavy atom. The Kier molecular flexibility index (Phi) is 3.47. The first-order chi connectivity index (χ1) is 10.2. The second kappa shape index (κ2) is 5.58. The number of carbonyl (C=O) groups excluding carboxylic acids is 1. The molecule has 1 aromatic heterocycles. The summed E-state index contributed by atoms with van der Waals surface area (Å²) in [7, 11) is 0. The Balaban J connectivity index is 1.74. The van der Waals surface area contributed by atoms with E-state index in [0.717, 1.165) is 11.1 Å². The van der Waals surface area contributed by atoms with Crippen LogP contribution in [0.15, 0.2) is 54.9 Å². The van der Waals surface area contributed by atoms with Crippen LogP contribution < -0.4 is 5.32 Å². The number of phenolic OH excluding ortho intramolecular Hbond substituents is 1. The summed E-state index contributed by atoms with van der Waals surface area (Å²) in [6, 6.07) is 12.0. The van der Waals surface area contributed by atoms with E-state index in [4.69, 9.17) is 0 Å². The Bertz CT molecular complexity index is 802. The lowest BCUT2D eigenvalue weighted by molar-refractivity contribution is 0.0951. The van der Waals surface area contributed by atoms with Gasteiger partial charge in [0.2, 0.25) is 0 Å². The molecule has 3 aromatic rings. The zero-order valence-corrected chi connectivity index (χ0v) is 11.2. The number of fused-ring (bicyclic) bond motifs is 1. The first-order valence-electron chi connectivity index (χ1n) is 6.49. The second-order valence-electron chi connectivity index (χ2n) is 4.61. The summed E-state index contributed by atoms with van der Waals surface area (Å²) in [6.45, 7) is 0.353. The van der Waals surface area contributed by atoms with Gasteiger partial charge in [0, 0.05) is 24.5 Å². The molecule has 0 aliphatic rings. The number of benzene rings is 2. The van der Waals surface area contributed by atoms with Crippen molar-refractivity contribution in [2.45, 2.75) is 6.54 Å². The number of hydrogen-bond acceptors (Lipinski definition) is 4. The zero-order chi connectivity index (χ0) is 14.7. The molecular weight excluding hydrogens is 266 g/mol. The van der Waals surface area contributed by atoms with Crippen molar-refractivity contribution in [2.75, 3.05) is 0 Å². The molecule has 0 saturated heterocycles. The number of amides is 1. The van der Waals surface area contributed by atoms with Crippen molar-refractivity contribution in [1.82, 2.24) is 15.3 Å². The van der Waals surface area contributed by atoms with Gasteiger partial charge in [-0.3, -0.25) is 14.8 Å². The molecule has 0 bridgehead atoms. The molecule has 0 radical (unpaired) electrons. The van der Waals surface area contributed by atoms with Crippen molar-refractivity contribution >= 4 is 16.9 Å². The molecule has 2 N–H and O–H groups in total. The number of phenols is 1. The minimum absolute atomic E-state index is 0.183. The molecule has 0 aliphatic carbocycles. The third-order valence-corrected chi connectivity index (χ3v) is 3.10. The van der Waals surface area contributed by atoms with Crippen LogP contribution in [-0.4, -0.2) is 21.0 Å². The highest BCUT2D eigenvalue weighted by Gasteiger charge is 2.07. The maximum atomic E-state index is 12.1. The van der Waals surface area contributed by atoms with Gasteiger partial charge in [-0.15, -0.1) is 0 Å². The molecule has 5 heteroatoms. The van der Waals surface area contributed by atoms with E-state index in [-0.39, 0.29) is 11.7 Å². The van der Waals surface area contributed by atoms with Crippen LogP contribution in [0.5, 0.6) is 5.75 Å². The van der Waals surface area contributed by atoms with Crippen LogP contribution in [-0.2, 0) is 6.54 Å². The van der Waals surface area contributed by atoms with E-state index >= 15 is 0 Å². The standard InChI is InChI=1S/C16H13N3O2/c20-13-3-1-2-11(8-13)10-19-16(21)12-4-5-14-15(9-12)18-7-6-17-14/h1-9,20H,10H2,(H,19,21). The molecule has 2 aromatic carbocycles. The Morgan fingerprint density at radius 2 is 1.86 bits per heavy atom. The number of carbonyl (C=O) groups is 1. The number of nitrogens with zero attached hydrogens (tertiary/aromatic N) is 2. The van der Waals surface area contributed by atoms with Gasteiger partial charge in [0.1, 0.15) is 5.75 Å². The average molecular weight is 279 g/mol. The molecular formula is C16H13N3O2. The molecule has 0 atom stereocenters. The number of nitrogens with one attached hydrogen (secondary N) is 1. The fraction of sp³-hybridized carbons (Fsp3) is 0.0625. The molecule has 21 heavy (non-hydrogen) atoms. The van der Waals surface area contributed by atoms with Gasteiger partial charge in [-0.2, -0.15) is 0 Å². The lowest BCUT2D eigenvalue weighted by Crippen LogP contribution is -2.22. The summed E-state index contributed by atoms with van der Waals surface area (Å²) >= 11 is 0. The normalized spacial score (nSPS) is 10.5. The SMILES string of the molecule is O=C(NCc1cccc(O)c1)c1ccc2nccnc2c1. The molecule has 5 nitrogen and oxygen atoms in total. The zero-order valence-electron chi connectivity index (χ0n) is 11.2. The van der Waals surface area contributed by atoms with Crippen LogP contribution in [0.1, 0.15) is 15.9 Å². The minimum Gasteiger partial charge on any atom is -0.508 e. The summed E-state index contributed by atoms with van der Waals surface area (Å²) in [6.07, 6.45) is 3.21. The third-order valence-electron chi connectivity index (χ3n) is 3.10. The molecule has 104 valence electrons. The lowest BCUT2D eigenvalue weighted by Gasteiger charge is -2.06. The molecule has 0 aliphatic heterocycles.